The number of hydrogen-bond acceptors (Lipinski definition) is 3. The van der Waals surface area contributed by atoms with E-state index in [1.807, 2.05) is 0 Å². The normalized spacial score (nSPS) is 11.4. The maximum absolute atomic E-state index is 6.16. The van der Waals surface area contributed by atoms with Gasteiger partial charge in [0.25, 0.3) is 0 Å². The Kier molecular flexibility index (Phi) is 8.43. The highest BCUT2D eigenvalue weighted by Crippen LogP contribution is 2.40. The molecule has 0 saturated carbocycles. The molecule has 4 heteroatoms. The molecular weight excluding hydrogens is 517 g/mol. The van der Waals surface area contributed by atoms with Crippen LogP contribution in [0.15, 0.2) is 121 Å². The molecule has 5 aromatic carbocycles. The Morgan fingerprint density at radius 3 is 1.17 bits per heavy atom. The second-order valence-electron chi connectivity index (χ2n) is 11.2. The number of hydrogen-bond donors (Lipinski definition) is 0. The van der Waals surface area contributed by atoms with Crippen molar-refractivity contribution in [2.75, 3.05) is 16.4 Å². The minimum absolute atomic E-state index is 0.738. The Hall–Kier alpha value is -4.12. The minimum Gasteiger partial charge on any atom is -0.413 e. The summed E-state index contributed by atoms with van der Waals surface area (Å²) in [6.07, 6.45) is 0. The van der Waals surface area contributed by atoms with E-state index in [0.29, 0.717) is 0 Å². The number of anilines is 6. The van der Waals surface area contributed by atoms with E-state index in [1.54, 1.807) is 0 Å². The van der Waals surface area contributed by atoms with E-state index in [0.717, 1.165) is 40.7 Å². The van der Waals surface area contributed by atoms with Crippen molar-refractivity contribution >= 4 is 47.6 Å². The molecule has 0 amide bonds. The predicted octanol–water partition coefficient (Wildman–Crippen LogP) is 10.0. The lowest BCUT2D eigenvalue weighted by Gasteiger charge is -2.30. The summed E-state index contributed by atoms with van der Waals surface area (Å²) in [5, 5.41) is 1.30. The molecule has 3 nitrogen and oxygen atoms in total. The summed E-state index contributed by atoms with van der Waals surface area (Å²) in [6.45, 7) is 13.7. The molecule has 0 atom stereocenters. The maximum atomic E-state index is 6.16. The highest BCUT2D eigenvalue weighted by Gasteiger charge is 2.25. The highest BCUT2D eigenvalue weighted by molar-refractivity contribution is 6.84. The molecule has 5 aromatic rings. The second kappa shape index (κ2) is 12.2. The molecule has 0 spiro atoms. The molecule has 41 heavy (non-hydrogen) atoms. The monoisotopic (exact) mass is 556 g/mol. The lowest BCUT2D eigenvalue weighted by atomic mass is 10.1. The fourth-order valence-corrected chi connectivity index (χ4v) is 7.06. The van der Waals surface area contributed by atoms with Crippen LogP contribution in [0.1, 0.15) is 23.6 Å². The van der Waals surface area contributed by atoms with E-state index >= 15 is 0 Å². The number of rotatable bonds is 9. The zero-order valence-electron chi connectivity index (χ0n) is 25.1. The first-order valence-electron chi connectivity index (χ1n) is 14.4. The molecule has 0 unspecified atom stereocenters. The first kappa shape index (κ1) is 28.4. The molecule has 0 fully saturated rings. The molecule has 0 bridgehead atoms. The second-order valence-corrected chi connectivity index (χ2v) is 15.1. The zero-order chi connectivity index (χ0) is 29.0. The average Bonchev–Trinajstić information content (AvgIpc) is 2.97. The molecule has 0 aliphatic rings. The summed E-state index contributed by atoms with van der Waals surface area (Å²) in [7, 11) is -1.94. The van der Waals surface area contributed by atoms with Crippen molar-refractivity contribution in [3.8, 4) is 0 Å². The summed E-state index contributed by atoms with van der Waals surface area (Å²) in [5.74, 6) is 0. The average molecular weight is 557 g/mol. The van der Waals surface area contributed by atoms with Gasteiger partial charge in [0.15, 0.2) is 0 Å². The van der Waals surface area contributed by atoms with Gasteiger partial charge < -0.3 is 14.2 Å². The molecule has 0 aliphatic heterocycles. The molecule has 0 radical (unpaired) electrons. The van der Waals surface area contributed by atoms with Crippen LogP contribution in [0.2, 0.25) is 13.1 Å². The molecule has 0 N–H and O–H groups in total. The van der Waals surface area contributed by atoms with Crippen LogP contribution < -0.4 is 15.0 Å². The van der Waals surface area contributed by atoms with Gasteiger partial charge in [0, 0.05) is 40.7 Å². The predicted molar refractivity (Wildman–Crippen MR) is 179 cm³/mol. The van der Waals surface area contributed by atoms with Crippen LogP contribution in [0, 0.1) is 20.8 Å². The Bertz CT molecular complexity index is 1530. The summed E-state index contributed by atoms with van der Waals surface area (Å²) in [6, 6.07) is 44.0. The molecule has 0 aliphatic carbocycles. The van der Waals surface area contributed by atoms with Crippen LogP contribution in [0.4, 0.5) is 34.1 Å². The molecular formula is C37H40N2OSi. The summed E-state index contributed by atoms with van der Waals surface area (Å²) >= 11 is 0. The third kappa shape index (κ3) is 6.45. The van der Waals surface area contributed by atoms with Crippen molar-refractivity contribution in [3.05, 3.63) is 138 Å². The quantitative estimate of drug-likeness (QED) is 0.168. The van der Waals surface area contributed by atoms with Gasteiger partial charge in [-0.25, -0.2) is 0 Å². The lowest BCUT2D eigenvalue weighted by Crippen LogP contribution is -2.44. The van der Waals surface area contributed by atoms with E-state index in [2.05, 4.69) is 172 Å². The van der Waals surface area contributed by atoms with E-state index in [9.17, 15) is 0 Å². The molecule has 0 saturated heterocycles. The molecule has 0 heterocycles. The van der Waals surface area contributed by atoms with Crippen LogP contribution in [-0.4, -0.2) is 14.9 Å². The van der Waals surface area contributed by atoms with Crippen LogP contribution >= 0.6 is 0 Å². The van der Waals surface area contributed by atoms with Gasteiger partial charge in [-0.1, -0.05) is 71.3 Å². The van der Waals surface area contributed by atoms with E-state index in [1.165, 1.54) is 21.9 Å². The van der Waals surface area contributed by atoms with Gasteiger partial charge in [0.05, 0.1) is 0 Å². The van der Waals surface area contributed by atoms with Gasteiger partial charge in [-0.2, -0.15) is 0 Å². The van der Waals surface area contributed by atoms with Crippen LogP contribution in [0.3, 0.4) is 0 Å². The van der Waals surface area contributed by atoms with Crippen LogP contribution in [-0.2, 0) is 4.43 Å². The highest BCUT2D eigenvalue weighted by atomic mass is 28.4. The summed E-state index contributed by atoms with van der Waals surface area (Å²) in [5.41, 5.74) is 10.4. The number of aryl methyl sites for hydroxylation is 3. The van der Waals surface area contributed by atoms with Crippen molar-refractivity contribution in [3.63, 3.8) is 0 Å². The van der Waals surface area contributed by atoms with E-state index < -0.39 is 8.32 Å². The first-order valence-corrected chi connectivity index (χ1v) is 17.3. The van der Waals surface area contributed by atoms with Gasteiger partial charge in [0.2, 0.25) is 8.32 Å². The van der Waals surface area contributed by atoms with Crippen molar-refractivity contribution in [1.82, 2.24) is 0 Å². The fraction of sp³-hybridized carbons (Fsp3) is 0.189. The van der Waals surface area contributed by atoms with E-state index in [4.69, 9.17) is 4.43 Å². The topological polar surface area (TPSA) is 15.7 Å². The van der Waals surface area contributed by atoms with Crippen molar-refractivity contribution in [2.24, 2.45) is 0 Å². The maximum Gasteiger partial charge on any atom is 0.218 e. The standard InChI is InChI=1S/C37H40N2OSi/c1-7-40-41(5,6)37-25-23-34(24-26-37)39(33-21-15-30(4)16-22-33)36-10-8-9-35(27-36)38(31-17-11-28(2)12-18-31)32-19-13-29(3)14-20-32/h8-27H,7H2,1-6H3. The Morgan fingerprint density at radius 2 is 0.829 bits per heavy atom. The molecule has 0 aromatic heterocycles. The van der Waals surface area contributed by atoms with Crippen molar-refractivity contribution in [1.29, 1.82) is 0 Å². The summed E-state index contributed by atoms with van der Waals surface area (Å²) in [4.78, 5) is 4.67. The Balaban J connectivity index is 1.62. The largest absolute Gasteiger partial charge is 0.413 e. The number of benzene rings is 5. The van der Waals surface area contributed by atoms with Gasteiger partial charge in [-0.15, -0.1) is 0 Å². The third-order valence-electron chi connectivity index (χ3n) is 7.55. The minimum atomic E-state index is -1.94. The van der Waals surface area contributed by atoms with Crippen molar-refractivity contribution in [2.45, 2.75) is 40.8 Å². The van der Waals surface area contributed by atoms with E-state index in [-0.39, 0.29) is 0 Å². The van der Waals surface area contributed by atoms with Crippen LogP contribution in [0.5, 0.6) is 0 Å². The van der Waals surface area contributed by atoms with Gasteiger partial charge in [-0.05, 0) is 113 Å². The lowest BCUT2D eigenvalue weighted by molar-refractivity contribution is 0.339. The zero-order valence-corrected chi connectivity index (χ0v) is 26.1. The van der Waals surface area contributed by atoms with Gasteiger partial charge >= 0.3 is 0 Å². The van der Waals surface area contributed by atoms with Crippen LogP contribution in [0.25, 0.3) is 0 Å². The molecule has 208 valence electrons. The summed E-state index contributed by atoms with van der Waals surface area (Å²) < 4.78 is 6.16. The Morgan fingerprint density at radius 1 is 0.488 bits per heavy atom. The van der Waals surface area contributed by atoms with Crippen molar-refractivity contribution < 1.29 is 4.43 Å². The smallest absolute Gasteiger partial charge is 0.218 e. The Labute approximate surface area is 246 Å². The number of nitrogens with zero attached hydrogens (tertiary/aromatic N) is 2. The first-order chi connectivity index (χ1) is 19.7. The SMILES string of the molecule is CCO[Si](C)(C)c1ccc(N(c2ccc(C)cc2)c2cccc(N(c3ccc(C)cc3)c3ccc(C)cc3)c2)cc1. The fourth-order valence-electron chi connectivity index (χ4n) is 5.20. The molecule has 5 rings (SSSR count). The van der Waals surface area contributed by atoms with Gasteiger partial charge in [0.1, 0.15) is 0 Å². The van der Waals surface area contributed by atoms with Gasteiger partial charge in [-0.3, -0.25) is 0 Å². The third-order valence-corrected chi connectivity index (χ3v) is 10.3.